The first-order valence-corrected chi connectivity index (χ1v) is 12.0. The van der Waals surface area contributed by atoms with Gasteiger partial charge in [-0.3, -0.25) is 19.2 Å². The average Bonchev–Trinajstić information content (AvgIpc) is 3.38. The average molecular weight is 534 g/mol. The fourth-order valence-corrected chi connectivity index (χ4v) is 3.57. The van der Waals surface area contributed by atoms with Crippen molar-refractivity contribution < 1.29 is 29.1 Å². The van der Waals surface area contributed by atoms with Crippen LogP contribution in [0.2, 0.25) is 0 Å². The standard InChI is InChI=1S/C23H31N7O6S/c24-15(6-7-19(25)31)20(32)28-17(9-14-10-26-12-27-14)22(34)29-16(8-13-4-2-1-3-5-13)21(33)30-18(11-37)23(35)36/h1-5,10,12,15-18,37H,6-9,11,24H2,(H2,25,31)(H,26,27)(H,28,32)(H,29,34)(H,30,33)(H,35,36). The van der Waals surface area contributed by atoms with Crippen molar-refractivity contribution in [2.24, 2.45) is 11.5 Å². The van der Waals surface area contributed by atoms with Crippen molar-refractivity contribution in [3.63, 3.8) is 0 Å². The van der Waals surface area contributed by atoms with Gasteiger partial charge in [-0.05, 0) is 12.0 Å². The second kappa shape index (κ2) is 14.6. The fraction of sp³-hybridized carbons (Fsp3) is 0.391. The van der Waals surface area contributed by atoms with Crippen molar-refractivity contribution in [1.82, 2.24) is 25.9 Å². The van der Waals surface area contributed by atoms with E-state index in [4.69, 9.17) is 11.5 Å². The van der Waals surface area contributed by atoms with Gasteiger partial charge in [0, 0.05) is 36.9 Å². The smallest absolute Gasteiger partial charge is 0.327 e. The summed E-state index contributed by atoms with van der Waals surface area (Å²) in [5.74, 6) is -4.18. The van der Waals surface area contributed by atoms with Crippen LogP contribution >= 0.6 is 12.6 Å². The summed E-state index contributed by atoms with van der Waals surface area (Å²) in [7, 11) is 0. The summed E-state index contributed by atoms with van der Waals surface area (Å²) >= 11 is 3.96. The Bertz CT molecular complexity index is 1070. The molecule has 13 nitrogen and oxygen atoms in total. The minimum Gasteiger partial charge on any atom is -0.480 e. The van der Waals surface area contributed by atoms with Gasteiger partial charge in [-0.2, -0.15) is 12.6 Å². The van der Waals surface area contributed by atoms with Crippen molar-refractivity contribution in [2.75, 3.05) is 5.75 Å². The number of nitrogens with two attached hydrogens (primary N) is 2. The second-order valence-corrected chi connectivity index (χ2v) is 8.65. The van der Waals surface area contributed by atoms with Gasteiger partial charge < -0.3 is 37.5 Å². The highest BCUT2D eigenvalue weighted by atomic mass is 32.1. The quantitative estimate of drug-likeness (QED) is 0.122. The van der Waals surface area contributed by atoms with Gasteiger partial charge in [-0.1, -0.05) is 30.3 Å². The van der Waals surface area contributed by atoms with E-state index in [9.17, 15) is 29.1 Å². The second-order valence-electron chi connectivity index (χ2n) is 8.29. The number of aromatic amines is 1. The van der Waals surface area contributed by atoms with Gasteiger partial charge in [-0.15, -0.1) is 0 Å². The van der Waals surface area contributed by atoms with Crippen LogP contribution in [-0.4, -0.2) is 74.6 Å². The fourth-order valence-electron chi connectivity index (χ4n) is 3.32. The minimum atomic E-state index is -1.28. The number of thiol groups is 1. The lowest BCUT2D eigenvalue weighted by atomic mass is 10.0. The number of carboxylic acid groups (broad SMARTS) is 1. The van der Waals surface area contributed by atoms with E-state index in [0.29, 0.717) is 11.3 Å². The van der Waals surface area contributed by atoms with Gasteiger partial charge >= 0.3 is 5.97 Å². The maximum Gasteiger partial charge on any atom is 0.327 e. The van der Waals surface area contributed by atoms with E-state index in [1.807, 2.05) is 0 Å². The minimum absolute atomic E-state index is 0.00577. The molecule has 4 atom stereocenters. The molecule has 1 aromatic carbocycles. The number of aliphatic carboxylic acids is 1. The highest BCUT2D eigenvalue weighted by Crippen LogP contribution is 2.07. The maximum absolute atomic E-state index is 13.3. The summed E-state index contributed by atoms with van der Waals surface area (Å²) in [6, 6.07) is 4.11. The van der Waals surface area contributed by atoms with Crippen molar-refractivity contribution in [3.8, 4) is 0 Å². The van der Waals surface area contributed by atoms with E-state index < -0.39 is 53.8 Å². The Morgan fingerprint density at radius 2 is 1.54 bits per heavy atom. The van der Waals surface area contributed by atoms with Crippen molar-refractivity contribution in [2.45, 2.75) is 49.9 Å². The number of nitrogens with one attached hydrogen (secondary N) is 4. The van der Waals surface area contributed by atoms with Crippen molar-refractivity contribution in [3.05, 3.63) is 54.1 Å². The van der Waals surface area contributed by atoms with Gasteiger partial charge in [0.1, 0.15) is 18.1 Å². The number of rotatable bonds is 15. The third-order valence-electron chi connectivity index (χ3n) is 5.36. The highest BCUT2D eigenvalue weighted by molar-refractivity contribution is 7.80. The molecule has 0 aliphatic rings. The molecule has 0 radical (unpaired) electrons. The van der Waals surface area contributed by atoms with E-state index >= 15 is 0 Å². The molecule has 0 spiro atoms. The number of carboxylic acids is 1. The summed E-state index contributed by atoms with van der Waals surface area (Å²) in [6.07, 6.45) is 2.80. The molecule has 0 aliphatic heterocycles. The Balaban J connectivity index is 2.23. The molecule has 1 heterocycles. The highest BCUT2D eigenvalue weighted by Gasteiger charge is 2.30. The first kappa shape index (κ1) is 29.3. The molecule has 4 amide bonds. The van der Waals surface area contributed by atoms with Crippen LogP contribution in [-0.2, 0) is 36.8 Å². The molecule has 0 fully saturated rings. The van der Waals surface area contributed by atoms with E-state index in [1.54, 1.807) is 30.3 Å². The van der Waals surface area contributed by atoms with E-state index in [0.717, 1.165) is 0 Å². The monoisotopic (exact) mass is 533 g/mol. The van der Waals surface area contributed by atoms with E-state index in [-0.39, 0.29) is 31.4 Å². The third kappa shape index (κ3) is 9.93. The zero-order valence-corrected chi connectivity index (χ0v) is 20.8. The Hall–Kier alpha value is -3.91. The Morgan fingerprint density at radius 1 is 0.946 bits per heavy atom. The molecule has 0 bridgehead atoms. The summed E-state index contributed by atoms with van der Waals surface area (Å²) in [5, 5.41) is 16.8. The van der Waals surface area contributed by atoms with E-state index in [2.05, 4.69) is 38.5 Å². The number of carbonyl (C=O) groups excluding carboxylic acids is 4. The van der Waals surface area contributed by atoms with Gasteiger partial charge in [-0.25, -0.2) is 9.78 Å². The Kier molecular flexibility index (Phi) is 11.6. The Morgan fingerprint density at radius 3 is 2.08 bits per heavy atom. The summed E-state index contributed by atoms with van der Waals surface area (Å²) in [6.45, 7) is 0. The van der Waals surface area contributed by atoms with Gasteiger partial charge in [0.2, 0.25) is 23.6 Å². The predicted octanol–water partition coefficient (Wildman–Crippen LogP) is -1.74. The number of aromatic nitrogens is 2. The molecule has 14 heteroatoms. The van der Waals surface area contributed by atoms with Gasteiger partial charge in [0.25, 0.3) is 0 Å². The summed E-state index contributed by atoms with van der Waals surface area (Å²) in [4.78, 5) is 68.1. The molecule has 37 heavy (non-hydrogen) atoms. The Labute approximate surface area is 218 Å². The van der Waals surface area contributed by atoms with E-state index in [1.165, 1.54) is 12.5 Å². The molecule has 1 aromatic heterocycles. The zero-order valence-electron chi connectivity index (χ0n) is 19.9. The molecule has 4 unspecified atom stereocenters. The molecular weight excluding hydrogens is 502 g/mol. The van der Waals surface area contributed by atoms with Gasteiger partial charge in [0.05, 0.1) is 12.4 Å². The van der Waals surface area contributed by atoms with Crippen LogP contribution in [0.3, 0.4) is 0 Å². The molecule has 200 valence electrons. The lowest BCUT2D eigenvalue weighted by Gasteiger charge is -2.25. The number of H-pyrrole nitrogens is 1. The number of benzene rings is 1. The largest absolute Gasteiger partial charge is 0.480 e. The molecule has 2 aromatic rings. The molecule has 9 N–H and O–H groups in total. The molecule has 0 saturated heterocycles. The van der Waals surface area contributed by atoms with Crippen LogP contribution in [0, 0.1) is 0 Å². The number of imidazole rings is 1. The van der Waals surface area contributed by atoms with Crippen LogP contribution in [0.15, 0.2) is 42.9 Å². The molecule has 0 aliphatic carbocycles. The number of hydrogen-bond donors (Lipinski definition) is 8. The van der Waals surface area contributed by atoms with Crippen LogP contribution in [0.5, 0.6) is 0 Å². The number of nitrogens with zero attached hydrogens (tertiary/aromatic N) is 1. The maximum atomic E-state index is 13.3. The van der Waals surface area contributed by atoms with Crippen LogP contribution in [0.25, 0.3) is 0 Å². The number of carbonyl (C=O) groups is 5. The van der Waals surface area contributed by atoms with Crippen LogP contribution in [0.1, 0.15) is 24.1 Å². The van der Waals surface area contributed by atoms with Crippen molar-refractivity contribution in [1.29, 1.82) is 0 Å². The normalized spacial score (nSPS) is 14.0. The SMILES string of the molecule is NC(=O)CCC(N)C(=O)NC(Cc1cnc[nH]1)C(=O)NC(Cc1ccccc1)C(=O)NC(CS)C(=O)O. The first-order chi connectivity index (χ1) is 17.6. The summed E-state index contributed by atoms with van der Waals surface area (Å²) < 4.78 is 0. The topological polar surface area (TPSA) is 222 Å². The predicted molar refractivity (Wildman–Crippen MR) is 136 cm³/mol. The zero-order chi connectivity index (χ0) is 27.4. The molecule has 0 saturated carbocycles. The van der Waals surface area contributed by atoms with Crippen LogP contribution < -0.4 is 27.4 Å². The van der Waals surface area contributed by atoms with Crippen LogP contribution in [0.4, 0.5) is 0 Å². The number of hydrogen-bond acceptors (Lipinski definition) is 8. The number of primary amides is 1. The molecular formula is C23H31N7O6S. The lowest BCUT2D eigenvalue weighted by molar-refractivity contribution is -0.141. The first-order valence-electron chi connectivity index (χ1n) is 11.4. The lowest BCUT2D eigenvalue weighted by Crippen LogP contribution is -2.58. The van der Waals surface area contributed by atoms with Gasteiger partial charge in [0.15, 0.2) is 0 Å². The molecule has 2 rings (SSSR count). The summed E-state index contributed by atoms with van der Waals surface area (Å²) in [5.41, 5.74) is 12.2. The number of amides is 4. The third-order valence-corrected chi connectivity index (χ3v) is 5.73. The van der Waals surface area contributed by atoms with Crippen molar-refractivity contribution >= 4 is 42.2 Å².